The fraction of sp³-hybridized carbons (Fsp3) is 0.364. The molecule has 0 unspecified atom stereocenters. The molecule has 2 aromatic rings. The molecular weight excluding hydrogens is 368 g/mol. The summed E-state index contributed by atoms with van der Waals surface area (Å²) < 4.78 is 5.56. The summed E-state index contributed by atoms with van der Waals surface area (Å²) in [6, 6.07) is 3.86. The van der Waals surface area contributed by atoms with Crippen molar-refractivity contribution >= 4 is 11.5 Å². The van der Waals surface area contributed by atoms with Crippen LogP contribution >= 0.6 is 0 Å². The van der Waals surface area contributed by atoms with E-state index in [2.05, 4.69) is 15.0 Å². The standard InChI is InChI=1S/C22H26N4O3/c1-5-7-16(20-25-13-18(11-23)26-20)8-6-9-17-12-24-19(10-15(17)2)29-14-22(3,4)21(27)28/h6-8,10,12-13H,5,9,14H2,1-4H3,(H,25,26)(H,27,28)/b8-6-,16-7+. The van der Waals surface area contributed by atoms with Gasteiger partial charge in [0, 0.05) is 17.8 Å². The van der Waals surface area contributed by atoms with Gasteiger partial charge in [0.1, 0.15) is 24.2 Å². The number of carboxylic acids is 1. The number of aliphatic carboxylic acids is 1. The normalized spacial score (nSPS) is 12.2. The van der Waals surface area contributed by atoms with Gasteiger partial charge in [-0.2, -0.15) is 5.26 Å². The van der Waals surface area contributed by atoms with Gasteiger partial charge in [-0.1, -0.05) is 25.2 Å². The number of nitrogens with one attached hydrogen (secondary N) is 1. The van der Waals surface area contributed by atoms with Crippen molar-refractivity contribution < 1.29 is 14.6 Å². The largest absolute Gasteiger partial charge is 0.481 e. The minimum Gasteiger partial charge on any atom is -0.481 e. The lowest BCUT2D eigenvalue weighted by atomic mass is 9.95. The van der Waals surface area contributed by atoms with Gasteiger partial charge >= 0.3 is 5.97 Å². The number of carboxylic acid groups (broad SMARTS) is 1. The summed E-state index contributed by atoms with van der Waals surface area (Å²) in [6.07, 6.45) is 10.8. The average Bonchev–Trinajstić information content (AvgIpc) is 3.16. The third-order valence-corrected chi connectivity index (χ3v) is 4.38. The van der Waals surface area contributed by atoms with Crippen LogP contribution in [-0.4, -0.2) is 32.6 Å². The molecule has 0 aromatic carbocycles. The molecule has 0 saturated heterocycles. The monoisotopic (exact) mass is 394 g/mol. The lowest BCUT2D eigenvalue weighted by Gasteiger charge is -2.19. The molecule has 2 aromatic heterocycles. The number of rotatable bonds is 9. The molecule has 0 atom stereocenters. The van der Waals surface area contributed by atoms with Crippen molar-refractivity contribution in [1.82, 2.24) is 15.0 Å². The Morgan fingerprint density at radius 2 is 2.14 bits per heavy atom. The lowest BCUT2D eigenvalue weighted by Crippen LogP contribution is -2.30. The maximum atomic E-state index is 11.2. The minimum absolute atomic E-state index is 0.0486. The SMILES string of the molecule is CC/C=C(\C=C/Cc1cnc(OCC(C)(C)C(=O)O)cc1C)c1ncc(C#N)[nH]1. The third-order valence-electron chi connectivity index (χ3n) is 4.38. The molecule has 0 aliphatic heterocycles. The highest BCUT2D eigenvalue weighted by Crippen LogP contribution is 2.20. The van der Waals surface area contributed by atoms with Crippen LogP contribution in [0.1, 0.15) is 49.8 Å². The Labute approximate surface area is 170 Å². The van der Waals surface area contributed by atoms with Crippen molar-refractivity contribution in [3.05, 3.63) is 59.3 Å². The Hall–Kier alpha value is -3.40. The Balaban J connectivity index is 2.05. The summed E-state index contributed by atoms with van der Waals surface area (Å²) in [5.41, 5.74) is 2.43. The number of aromatic nitrogens is 3. The number of ether oxygens (including phenoxy) is 1. The average molecular weight is 394 g/mol. The van der Waals surface area contributed by atoms with Crippen LogP contribution in [0.3, 0.4) is 0 Å². The number of H-pyrrole nitrogens is 1. The molecule has 2 heterocycles. The number of aryl methyl sites for hydroxylation is 1. The quantitative estimate of drug-likeness (QED) is 0.620. The van der Waals surface area contributed by atoms with E-state index in [1.165, 1.54) is 6.20 Å². The second-order valence-electron chi connectivity index (χ2n) is 7.36. The van der Waals surface area contributed by atoms with Crippen LogP contribution in [0.15, 0.2) is 36.7 Å². The molecule has 7 heteroatoms. The van der Waals surface area contributed by atoms with Gasteiger partial charge in [0.05, 0.1) is 11.6 Å². The first-order valence-corrected chi connectivity index (χ1v) is 9.40. The maximum absolute atomic E-state index is 11.2. The molecule has 7 nitrogen and oxygen atoms in total. The van der Waals surface area contributed by atoms with Gasteiger partial charge in [0.15, 0.2) is 0 Å². The maximum Gasteiger partial charge on any atom is 0.312 e. The van der Waals surface area contributed by atoms with Gasteiger partial charge in [-0.05, 0) is 44.7 Å². The summed E-state index contributed by atoms with van der Waals surface area (Å²) in [6.45, 7) is 7.28. The molecule has 0 radical (unpaired) electrons. The Bertz CT molecular complexity index is 965. The summed E-state index contributed by atoms with van der Waals surface area (Å²) in [7, 11) is 0. The van der Waals surface area contributed by atoms with Crippen LogP contribution in [-0.2, 0) is 11.2 Å². The molecule has 2 N–H and O–H groups in total. The summed E-state index contributed by atoms with van der Waals surface area (Å²) in [4.78, 5) is 22.7. The van der Waals surface area contributed by atoms with Crippen molar-refractivity contribution in [3.8, 4) is 11.9 Å². The predicted octanol–water partition coefficient (Wildman–Crippen LogP) is 4.07. The van der Waals surface area contributed by atoms with Crippen molar-refractivity contribution in [2.75, 3.05) is 6.61 Å². The van der Waals surface area contributed by atoms with Gasteiger partial charge in [0.2, 0.25) is 5.88 Å². The Kier molecular flexibility index (Phi) is 7.32. The number of imidazole rings is 1. The molecule has 0 aliphatic carbocycles. The van der Waals surface area contributed by atoms with E-state index < -0.39 is 11.4 Å². The van der Waals surface area contributed by atoms with Gasteiger partial charge in [-0.15, -0.1) is 0 Å². The summed E-state index contributed by atoms with van der Waals surface area (Å²) in [5.74, 6) is 0.167. The zero-order valence-electron chi connectivity index (χ0n) is 17.2. The second-order valence-corrected chi connectivity index (χ2v) is 7.36. The van der Waals surface area contributed by atoms with Crippen molar-refractivity contribution in [3.63, 3.8) is 0 Å². The van der Waals surface area contributed by atoms with Crippen LogP contribution in [0.2, 0.25) is 0 Å². The number of nitriles is 1. The molecule has 0 aliphatic rings. The highest BCUT2D eigenvalue weighted by Gasteiger charge is 2.28. The van der Waals surface area contributed by atoms with E-state index in [-0.39, 0.29) is 6.61 Å². The van der Waals surface area contributed by atoms with Crippen molar-refractivity contribution in [1.29, 1.82) is 5.26 Å². The number of pyridine rings is 1. The molecule has 29 heavy (non-hydrogen) atoms. The zero-order valence-corrected chi connectivity index (χ0v) is 17.2. The number of aromatic amines is 1. The first-order chi connectivity index (χ1) is 13.8. The summed E-state index contributed by atoms with van der Waals surface area (Å²) >= 11 is 0. The van der Waals surface area contributed by atoms with Gasteiger partial charge in [-0.3, -0.25) is 4.79 Å². The van der Waals surface area contributed by atoms with Crippen molar-refractivity contribution in [2.45, 2.75) is 40.5 Å². The number of nitrogens with zero attached hydrogens (tertiary/aromatic N) is 3. The van der Waals surface area contributed by atoms with Crippen LogP contribution in [0, 0.1) is 23.7 Å². The Morgan fingerprint density at radius 1 is 1.38 bits per heavy atom. The smallest absolute Gasteiger partial charge is 0.312 e. The van der Waals surface area contributed by atoms with Crippen LogP contribution < -0.4 is 4.74 Å². The topological polar surface area (TPSA) is 112 Å². The minimum atomic E-state index is -0.976. The predicted molar refractivity (Wildman–Crippen MR) is 110 cm³/mol. The molecule has 0 spiro atoms. The third kappa shape index (κ3) is 6.04. The number of hydrogen-bond acceptors (Lipinski definition) is 5. The second kappa shape index (κ2) is 9.69. The fourth-order valence-electron chi connectivity index (χ4n) is 2.47. The number of hydrogen-bond donors (Lipinski definition) is 2. The molecule has 0 amide bonds. The molecule has 0 fully saturated rings. The fourth-order valence-corrected chi connectivity index (χ4v) is 2.47. The van der Waals surface area contributed by atoms with Crippen LogP contribution in [0.25, 0.3) is 5.57 Å². The molecule has 0 bridgehead atoms. The zero-order chi connectivity index (χ0) is 21.4. The Morgan fingerprint density at radius 3 is 2.72 bits per heavy atom. The van der Waals surface area contributed by atoms with E-state index in [0.29, 0.717) is 23.8 Å². The van der Waals surface area contributed by atoms with Crippen molar-refractivity contribution in [2.24, 2.45) is 5.41 Å². The number of carbonyl (C=O) groups is 1. The first-order valence-electron chi connectivity index (χ1n) is 9.40. The molecule has 152 valence electrons. The van der Waals surface area contributed by atoms with E-state index >= 15 is 0 Å². The van der Waals surface area contributed by atoms with E-state index in [0.717, 1.165) is 23.1 Å². The van der Waals surface area contributed by atoms with E-state index in [1.54, 1.807) is 20.0 Å². The highest BCUT2D eigenvalue weighted by atomic mass is 16.5. The van der Waals surface area contributed by atoms with E-state index in [1.807, 2.05) is 44.2 Å². The lowest BCUT2D eigenvalue weighted by molar-refractivity contribution is -0.148. The number of allylic oxidation sites excluding steroid dienone is 4. The summed E-state index contributed by atoms with van der Waals surface area (Å²) in [5, 5.41) is 18.1. The molecule has 2 rings (SSSR count). The van der Waals surface area contributed by atoms with E-state index in [4.69, 9.17) is 15.1 Å². The molecular formula is C22H26N4O3. The van der Waals surface area contributed by atoms with Gasteiger partial charge in [0.25, 0.3) is 0 Å². The first kappa shape index (κ1) is 21.9. The van der Waals surface area contributed by atoms with Crippen LogP contribution in [0.4, 0.5) is 0 Å². The highest BCUT2D eigenvalue weighted by molar-refractivity contribution is 5.73. The van der Waals surface area contributed by atoms with E-state index in [9.17, 15) is 4.79 Å². The van der Waals surface area contributed by atoms with Crippen LogP contribution in [0.5, 0.6) is 5.88 Å². The van der Waals surface area contributed by atoms with Gasteiger partial charge in [-0.25, -0.2) is 9.97 Å². The molecule has 0 saturated carbocycles. The van der Waals surface area contributed by atoms with Gasteiger partial charge < -0.3 is 14.8 Å².